The molecular formula is C22H25F2NO. The summed E-state index contributed by atoms with van der Waals surface area (Å²) in [5, 5.41) is 0. The number of anilines is 1. The van der Waals surface area contributed by atoms with Crippen LogP contribution in [-0.4, -0.2) is 6.61 Å². The van der Waals surface area contributed by atoms with Gasteiger partial charge in [0.1, 0.15) is 6.61 Å². The van der Waals surface area contributed by atoms with E-state index in [1.807, 2.05) is 26.0 Å². The Morgan fingerprint density at radius 3 is 2.62 bits per heavy atom. The molecule has 0 aliphatic heterocycles. The molecule has 4 heteroatoms. The normalized spacial score (nSPS) is 14.2. The van der Waals surface area contributed by atoms with Gasteiger partial charge >= 0.3 is 0 Å². The highest BCUT2D eigenvalue weighted by molar-refractivity contribution is 5.73. The van der Waals surface area contributed by atoms with Crippen LogP contribution in [-0.2, 0) is 6.42 Å². The SMILES string of the molecule is CCCc1ccc(OCC2=C(c3ccc(C)c(N)c3)CCC2)c(F)c1F. The van der Waals surface area contributed by atoms with Gasteiger partial charge in [-0.3, -0.25) is 0 Å². The molecule has 0 fully saturated rings. The van der Waals surface area contributed by atoms with E-state index in [4.69, 9.17) is 10.5 Å². The molecule has 26 heavy (non-hydrogen) atoms. The molecule has 0 bridgehead atoms. The predicted molar refractivity (Wildman–Crippen MR) is 102 cm³/mol. The molecule has 0 aromatic heterocycles. The van der Waals surface area contributed by atoms with Gasteiger partial charge < -0.3 is 10.5 Å². The minimum atomic E-state index is -0.893. The lowest BCUT2D eigenvalue weighted by atomic mass is 10.00. The molecule has 0 radical (unpaired) electrons. The Bertz CT molecular complexity index is 842. The lowest BCUT2D eigenvalue weighted by molar-refractivity contribution is 0.321. The topological polar surface area (TPSA) is 35.2 Å². The first-order valence-electron chi connectivity index (χ1n) is 9.18. The van der Waals surface area contributed by atoms with Crippen molar-refractivity contribution in [2.24, 2.45) is 0 Å². The number of rotatable bonds is 6. The molecule has 0 heterocycles. The molecule has 2 nitrogen and oxygen atoms in total. The number of benzene rings is 2. The third kappa shape index (κ3) is 3.74. The van der Waals surface area contributed by atoms with E-state index < -0.39 is 11.6 Å². The Morgan fingerprint density at radius 2 is 1.88 bits per heavy atom. The Labute approximate surface area is 153 Å². The van der Waals surface area contributed by atoms with Crippen LogP contribution in [0.25, 0.3) is 5.57 Å². The van der Waals surface area contributed by atoms with Gasteiger partial charge in [0.05, 0.1) is 0 Å². The largest absolute Gasteiger partial charge is 0.486 e. The van der Waals surface area contributed by atoms with E-state index in [9.17, 15) is 8.78 Å². The fourth-order valence-corrected chi connectivity index (χ4v) is 3.45. The Kier molecular flexibility index (Phi) is 5.60. The van der Waals surface area contributed by atoms with Gasteiger partial charge in [-0.1, -0.05) is 31.5 Å². The first kappa shape index (κ1) is 18.4. The molecule has 0 unspecified atom stereocenters. The molecule has 2 N–H and O–H groups in total. The average molecular weight is 357 g/mol. The summed E-state index contributed by atoms with van der Waals surface area (Å²) in [6, 6.07) is 9.20. The fraction of sp³-hybridized carbons (Fsp3) is 0.364. The highest BCUT2D eigenvalue weighted by Gasteiger charge is 2.19. The van der Waals surface area contributed by atoms with Gasteiger partial charge in [-0.25, -0.2) is 4.39 Å². The second-order valence-corrected chi connectivity index (χ2v) is 6.90. The summed E-state index contributed by atoms with van der Waals surface area (Å²) in [6.07, 6.45) is 4.18. The van der Waals surface area contributed by atoms with Crippen LogP contribution in [0.5, 0.6) is 5.75 Å². The van der Waals surface area contributed by atoms with Gasteiger partial charge in [-0.05, 0) is 72.6 Å². The number of hydrogen-bond donors (Lipinski definition) is 1. The molecule has 2 aromatic carbocycles. The molecule has 1 aliphatic carbocycles. The molecule has 0 spiro atoms. The monoisotopic (exact) mass is 357 g/mol. The molecule has 1 aliphatic rings. The van der Waals surface area contributed by atoms with Gasteiger partial charge in [0.2, 0.25) is 5.82 Å². The van der Waals surface area contributed by atoms with E-state index in [1.165, 1.54) is 11.6 Å². The summed E-state index contributed by atoms with van der Waals surface area (Å²) >= 11 is 0. The maximum atomic E-state index is 14.2. The van der Waals surface area contributed by atoms with Gasteiger partial charge in [0.25, 0.3) is 0 Å². The van der Waals surface area contributed by atoms with Crippen molar-refractivity contribution < 1.29 is 13.5 Å². The van der Waals surface area contributed by atoms with Crippen molar-refractivity contribution in [2.75, 3.05) is 12.3 Å². The van der Waals surface area contributed by atoms with Crippen LogP contribution in [0.1, 0.15) is 49.3 Å². The molecule has 0 amide bonds. The third-order valence-corrected chi connectivity index (χ3v) is 5.01. The number of hydrogen-bond acceptors (Lipinski definition) is 2. The minimum Gasteiger partial charge on any atom is -0.486 e. The highest BCUT2D eigenvalue weighted by Crippen LogP contribution is 2.35. The fourth-order valence-electron chi connectivity index (χ4n) is 3.45. The molecule has 0 saturated carbocycles. The molecule has 0 atom stereocenters. The van der Waals surface area contributed by atoms with Crippen molar-refractivity contribution in [3.63, 3.8) is 0 Å². The van der Waals surface area contributed by atoms with Gasteiger partial charge in [-0.15, -0.1) is 0 Å². The molecule has 2 aromatic rings. The number of ether oxygens (including phenoxy) is 1. The van der Waals surface area contributed by atoms with E-state index >= 15 is 0 Å². The Hall–Kier alpha value is -2.36. The van der Waals surface area contributed by atoms with Crippen molar-refractivity contribution in [1.29, 1.82) is 0 Å². The zero-order chi connectivity index (χ0) is 18.7. The maximum Gasteiger partial charge on any atom is 0.200 e. The van der Waals surface area contributed by atoms with Crippen LogP contribution >= 0.6 is 0 Å². The quantitative estimate of drug-likeness (QED) is 0.661. The molecule has 138 valence electrons. The number of halogens is 2. The van der Waals surface area contributed by atoms with Crippen LogP contribution in [0.15, 0.2) is 35.9 Å². The van der Waals surface area contributed by atoms with E-state index in [2.05, 4.69) is 6.07 Å². The van der Waals surface area contributed by atoms with E-state index in [0.29, 0.717) is 12.0 Å². The van der Waals surface area contributed by atoms with Crippen molar-refractivity contribution in [1.82, 2.24) is 0 Å². The van der Waals surface area contributed by atoms with Crippen molar-refractivity contribution in [2.45, 2.75) is 46.0 Å². The first-order valence-corrected chi connectivity index (χ1v) is 9.18. The second-order valence-electron chi connectivity index (χ2n) is 6.90. The first-order chi connectivity index (χ1) is 12.5. The van der Waals surface area contributed by atoms with Crippen LogP contribution in [0.2, 0.25) is 0 Å². The molecular weight excluding hydrogens is 332 g/mol. The Balaban J connectivity index is 1.80. The third-order valence-electron chi connectivity index (χ3n) is 5.01. The molecule has 0 saturated heterocycles. The van der Waals surface area contributed by atoms with Crippen molar-refractivity contribution in [3.8, 4) is 5.75 Å². The summed E-state index contributed by atoms with van der Waals surface area (Å²) in [7, 11) is 0. The van der Waals surface area contributed by atoms with Crippen LogP contribution in [0, 0.1) is 18.6 Å². The number of allylic oxidation sites excluding steroid dienone is 1. The van der Waals surface area contributed by atoms with Crippen molar-refractivity contribution >= 4 is 11.3 Å². The summed E-state index contributed by atoms with van der Waals surface area (Å²) in [5.41, 5.74) is 11.7. The van der Waals surface area contributed by atoms with E-state index in [1.54, 1.807) is 6.07 Å². The maximum absolute atomic E-state index is 14.2. The van der Waals surface area contributed by atoms with Crippen LogP contribution in [0.3, 0.4) is 0 Å². The standard InChI is InChI=1S/C22H25F2NO/c1-3-5-15-10-11-20(22(24)21(15)23)26-13-17-6-4-7-18(17)16-9-8-14(2)19(25)12-16/h8-12H,3-7,13,25H2,1-2H3. The zero-order valence-electron chi connectivity index (χ0n) is 15.4. The van der Waals surface area contributed by atoms with Crippen molar-refractivity contribution in [3.05, 3.63) is 64.2 Å². The lowest BCUT2D eigenvalue weighted by Gasteiger charge is -2.13. The molecule has 3 rings (SSSR count). The van der Waals surface area contributed by atoms with E-state index in [-0.39, 0.29) is 12.4 Å². The van der Waals surface area contributed by atoms with Crippen LogP contribution < -0.4 is 10.5 Å². The zero-order valence-corrected chi connectivity index (χ0v) is 15.4. The second kappa shape index (κ2) is 7.90. The average Bonchev–Trinajstić information content (AvgIpc) is 3.09. The van der Waals surface area contributed by atoms with E-state index in [0.717, 1.165) is 48.1 Å². The van der Waals surface area contributed by atoms with Gasteiger partial charge in [-0.2, -0.15) is 4.39 Å². The van der Waals surface area contributed by atoms with Gasteiger partial charge in [0, 0.05) is 5.69 Å². The highest BCUT2D eigenvalue weighted by atomic mass is 19.2. The lowest BCUT2D eigenvalue weighted by Crippen LogP contribution is -2.05. The van der Waals surface area contributed by atoms with Crippen LogP contribution in [0.4, 0.5) is 14.5 Å². The summed E-state index contributed by atoms with van der Waals surface area (Å²) < 4.78 is 34.0. The minimum absolute atomic E-state index is 0.0236. The summed E-state index contributed by atoms with van der Waals surface area (Å²) in [5.74, 6) is -1.71. The number of nitrogens with two attached hydrogens (primary N) is 1. The predicted octanol–water partition coefficient (Wildman–Crippen LogP) is 5.82. The summed E-state index contributed by atoms with van der Waals surface area (Å²) in [6.45, 7) is 4.19. The number of aryl methyl sites for hydroxylation is 2. The summed E-state index contributed by atoms with van der Waals surface area (Å²) in [4.78, 5) is 0. The Morgan fingerprint density at radius 1 is 1.08 bits per heavy atom. The van der Waals surface area contributed by atoms with Gasteiger partial charge in [0.15, 0.2) is 11.6 Å². The smallest absolute Gasteiger partial charge is 0.200 e. The number of nitrogen functional groups attached to an aromatic ring is 1.